The average molecular weight is 322 g/mol. The van der Waals surface area contributed by atoms with Crippen molar-refractivity contribution in [1.29, 1.82) is 0 Å². The van der Waals surface area contributed by atoms with Gasteiger partial charge in [0.1, 0.15) is 5.82 Å². The molecule has 1 aromatic carbocycles. The molecule has 0 saturated carbocycles. The Morgan fingerprint density at radius 1 is 1.22 bits per heavy atom. The fourth-order valence-corrected chi connectivity index (χ4v) is 2.43. The minimum atomic E-state index is -1.27. The van der Waals surface area contributed by atoms with Crippen LogP contribution in [-0.4, -0.2) is 22.3 Å². The molecule has 1 heterocycles. The molecule has 1 aromatic heterocycles. The predicted molar refractivity (Wildman–Crippen MR) is 80.1 cm³/mol. The zero-order valence-electron chi connectivity index (χ0n) is 12.9. The van der Waals surface area contributed by atoms with E-state index in [-0.39, 0.29) is 23.9 Å². The maximum absolute atomic E-state index is 13.7. The molecule has 0 radical (unpaired) electrons. The molecule has 0 unspecified atom stereocenters. The van der Waals surface area contributed by atoms with Gasteiger partial charge in [-0.2, -0.15) is 0 Å². The van der Waals surface area contributed by atoms with Crippen molar-refractivity contribution in [2.45, 2.75) is 26.3 Å². The molecule has 1 atom stereocenters. The molecule has 1 amide bonds. The monoisotopic (exact) mass is 322 g/mol. The minimum absolute atomic E-state index is 0.161. The lowest BCUT2D eigenvalue weighted by Crippen LogP contribution is -2.34. The van der Waals surface area contributed by atoms with E-state index in [2.05, 4.69) is 4.98 Å². The first-order valence-corrected chi connectivity index (χ1v) is 7.26. The lowest BCUT2D eigenvalue weighted by molar-refractivity contribution is -0.132. The van der Waals surface area contributed by atoms with Gasteiger partial charge in [-0.25, -0.2) is 13.2 Å². The van der Waals surface area contributed by atoms with Crippen LogP contribution in [0.4, 0.5) is 13.2 Å². The molecule has 0 bridgehead atoms. The van der Waals surface area contributed by atoms with Crippen molar-refractivity contribution in [3.05, 3.63) is 65.2 Å². The molecule has 2 rings (SSSR count). The van der Waals surface area contributed by atoms with Crippen molar-refractivity contribution in [3.63, 3.8) is 0 Å². The molecule has 0 aliphatic rings. The summed E-state index contributed by atoms with van der Waals surface area (Å²) in [6.07, 6.45) is 2.95. The fourth-order valence-electron chi connectivity index (χ4n) is 2.43. The Kier molecular flexibility index (Phi) is 5.36. The molecular weight excluding hydrogens is 305 g/mol. The van der Waals surface area contributed by atoms with E-state index < -0.39 is 17.5 Å². The van der Waals surface area contributed by atoms with Crippen LogP contribution in [0, 0.1) is 17.5 Å². The van der Waals surface area contributed by atoms with Crippen LogP contribution in [0.1, 0.15) is 31.0 Å². The van der Waals surface area contributed by atoms with Gasteiger partial charge in [-0.1, -0.05) is 6.07 Å². The number of carbonyl (C=O) groups excluding carboxylic acids is 1. The number of amides is 1. The zero-order chi connectivity index (χ0) is 17.0. The van der Waals surface area contributed by atoms with Gasteiger partial charge < -0.3 is 4.90 Å². The lowest BCUT2D eigenvalue weighted by atomic mass is 10.1. The van der Waals surface area contributed by atoms with E-state index in [0.29, 0.717) is 12.6 Å². The topological polar surface area (TPSA) is 33.2 Å². The van der Waals surface area contributed by atoms with Crippen LogP contribution in [0.15, 0.2) is 36.7 Å². The van der Waals surface area contributed by atoms with E-state index in [4.69, 9.17) is 0 Å². The van der Waals surface area contributed by atoms with Crippen LogP contribution in [-0.2, 0) is 11.2 Å². The maximum atomic E-state index is 13.7. The van der Waals surface area contributed by atoms with E-state index >= 15 is 0 Å². The first-order chi connectivity index (χ1) is 10.9. The smallest absolute Gasteiger partial charge is 0.227 e. The highest BCUT2D eigenvalue weighted by molar-refractivity contribution is 5.79. The predicted octanol–water partition coefficient (Wildman–Crippen LogP) is 3.65. The highest BCUT2D eigenvalue weighted by Crippen LogP contribution is 2.21. The number of benzene rings is 1. The first-order valence-electron chi connectivity index (χ1n) is 7.26. The van der Waals surface area contributed by atoms with Gasteiger partial charge in [0, 0.05) is 30.6 Å². The molecule has 2 aromatic rings. The van der Waals surface area contributed by atoms with Crippen molar-refractivity contribution in [3.8, 4) is 0 Å². The standard InChI is InChI=1S/C17H17F3N2O/c1-3-22(11(2)12-5-4-6-21-10-12)17(23)8-13-7-15(19)16(20)9-14(13)18/h4-7,9-11H,3,8H2,1-2H3/t11-/m0/s1. The Morgan fingerprint density at radius 2 is 1.91 bits per heavy atom. The minimum Gasteiger partial charge on any atom is -0.336 e. The van der Waals surface area contributed by atoms with E-state index in [1.807, 2.05) is 13.0 Å². The molecule has 23 heavy (non-hydrogen) atoms. The molecule has 0 N–H and O–H groups in total. The van der Waals surface area contributed by atoms with Gasteiger partial charge in [0.05, 0.1) is 12.5 Å². The average Bonchev–Trinajstić information content (AvgIpc) is 2.54. The highest BCUT2D eigenvalue weighted by Gasteiger charge is 2.22. The van der Waals surface area contributed by atoms with Crippen LogP contribution in [0.3, 0.4) is 0 Å². The third-order valence-corrected chi connectivity index (χ3v) is 3.73. The molecule has 122 valence electrons. The zero-order valence-corrected chi connectivity index (χ0v) is 12.9. The Balaban J connectivity index is 2.19. The van der Waals surface area contributed by atoms with E-state index in [1.54, 1.807) is 25.4 Å². The van der Waals surface area contributed by atoms with E-state index in [1.165, 1.54) is 4.90 Å². The highest BCUT2D eigenvalue weighted by atomic mass is 19.2. The largest absolute Gasteiger partial charge is 0.336 e. The summed E-state index contributed by atoms with van der Waals surface area (Å²) in [6.45, 7) is 4.03. The number of nitrogens with zero attached hydrogens (tertiary/aromatic N) is 2. The Labute approximate surface area is 132 Å². The number of carbonyl (C=O) groups is 1. The quantitative estimate of drug-likeness (QED) is 0.787. The van der Waals surface area contributed by atoms with Gasteiger partial charge in [-0.15, -0.1) is 0 Å². The van der Waals surface area contributed by atoms with Crippen LogP contribution in [0.5, 0.6) is 0 Å². The molecule has 0 fully saturated rings. The van der Waals surface area contributed by atoms with Gasteiger partial charge in [0.25, 0.3) is 0 Å². The molecule has 0 aliphatic carbocycles. The van der Waals surface area contributed by atoms with Crippen molar-refractivity contribution in [2.75, 3.05) is 6.54 Å². The van der Waals surface area contributed by atoms with Gasteiger partial charge in [0.2, 0.25) is 5.91 Å². The number of hydrogen-bond donors (Lipinski definition) is 0. The third-order valence-electron chi connectivity index (χ3n) is 3.73. The fraction of sp³-hybridized carbons (Fsp3) is 0.294. The Bertz CT molecular complexity index is 692. The molecule has 0 aliphatic heterocycles. The van der Waals surface area contributed by atoms with Gasteiger partial charge in [-0.05, 0) is 31.5 Å². The second kappa shape index (κ2) is 7.26. The number of likely N-dealkylation sites (N-methyl/N-ethyl adjacent to an activating group) is 1. The lowest BCUT2D eigenvalue weighted by Gasteiger charge is -2.28. The maximum Gasteiger partial charge on any atom is 0.227 e. The summed E-state index contributed by atoms with van der Waals surface area (Å²) in [5, 5.41) is 0. The summed E-state index contributed by atoms with van der Waals surface area (Å²) in [5.41, 5.74) is 0.680. The van der Waals surface area contributed by atoms with Gasteiger partial charge in [0.15, 0.2) is 11.6 Å². The molecular formula is C17H17F3N2O. The first kappa shape index (κ1) is 17.0. The summed E-state index contributed by atoms with van der Waals surface area (Å²) in [6, 6.07) is 4.53. The third kappa shape index (κ3) is 3.88. The second-order valence-electron chi connectivity index (χ2n) is 5.18. The number of rotatable bonds is 5. The van der Waals surface area contributed by atoms with E-state index in [0.717, 1.165) is 11.6 Å². The number of halogens is 3. The molecule has 0 saturated heterocycles. The van der Waals surface area contributed by atoms with Crippen LogP contribution >= 0.6 is 0 Å². The number of aromatic nitrogens is 1. The SMILES string of the molecule is CCN(C(=O)Cc1cc(F)c(F)cc1F)[C@@H](C)c1cccnc1. The molecule has 6 heteroatoms. The summed E-state index contributed by atoms with van der Waals surface area (Å²) >= 11 is 0. The number of hydrogen-bond acceptors (Lipinski definition) is 2. The Hall–Kier alpha value is -2.37. The summed E-state index contributed by atoms with van der Waals surface area (Å²) in [5.74, 6) is -3.73. The van der Waals surface area contributed by atoms with Crippen molar-refractivity contribution >= 4 is 5.91 Å². The van der Waals surface area contributed by atoms with Crippen molar-refractivity contribution in [2.24, 2.45) is 0 Å². The Morgan fingerprint density at radius 3 is 2.52 bits per heavy atom. The van der Waals surface area contributed by atoms with Crippen molar-refractivity contribution in [1.82, 2.24) is 9.88 Å². The van der Waals surface area contributed by atoms with Crippen molar-refractivity contribution < 1.29 is 18.0 Å². The summed E-state index contributed by atoms with van der Waals surface area (Å²) < 4.78 is 39.9. The normalized spacial score (nSPS) is 12.0. The van der Waals surface area contributed by atoms with Gasteiger partial charge in [-0.3, -0.25) is 9.78 Å². The van der Waals surface area contributed by atoms with Crippen LogP contribution in [0.2, 0.25) is 0 Å². The molecule has 0 spiro atoms. The van der Waals surface area contributed by atoms with E-state index in [9.17, 15) is 18.0 Å². The molecule has 3 nitrogen and oxygen atoms in total. The second-order valence-corrected chi connectivity index (χ2v) is 5.18. The van der Waals surface area contributed by atoms with Gasteiger partial charge >= 0.3 is 0 Å². The van der Waals surface area contributed by atoms with Crippen LogP contribution in [0.25, 0.3) is 0 Å². The van der Waals surface area contributed by atoms with Crippen LogP contribution < -0.4 is 0 Å². The number of pyridine rings is 1. The summed E-state index contributed by atoms with van der Waals surface area (Å²) in [7, 11) is 0. The summed E-state index contributed by atoms with van der Waals surface area (Å²) in [4.78, 5) is 18.0.